The van der Waals surface area contributed by atoms with E-state index in [2.05, 4.69) is 95.7 Å². The van der Waals surface area contributed by atoms with Gasteiger partial charge in [-0.15, -0.1) is 12.3 Å². The minimum Gasteiger partial charge on any atom is -0.311 e. The second-order valence-corrected chi connectivity index (χ2v) is 7.14. The first-order valence-corrected chi connectivity index (χ1v) is 10.3. The first-order chi connectivity index (χ1) is 13.9. The first-order valence-electron chi connectivity index (χ1n) is 10.3. The van der Waals surface area contributed by atoms with E-state index in [0.29, 0.717) is 0 Å². The molecule has 0 heterocycles. The molecule has 0 amide bonds. The van der Waals surface area contributed by atoms with Crippen molar-refractivity contribution >= 4 is 17.1 Å². The Bertz CT molecular complexity index is 805. The molecule has 0 radical (unpaired) electrons. The third kappa shape index (κ3) is 5.76. The summed E-state index contributed by atoms with van der Waals surface area (Å²) in [5.74, 6) is 2.72. The van der Waals surface area contributed by atoms with Crippen molar-refractivity contribution in [2.24, 2.45) is 0 Å². The predicted molar refractivity (Wildman–Crippen MR) is 121 cm³/mol. The monoisotopic (exact) mass is 367 g/mol. The molecule has 1 heteroatoms. The number of benzene rings is 3. The van der Waals surface area contributed by atoms with Gasteiger partial charge in [0.05, 0.1) is 0 Å². The van der Waals surface area contributed by atoms with Gasteiger partial charge in [-0.05, 0) is 61.2 Å². The molecule has 0 aromatic heterocycles. The molecule has 3 aromatic carbocycles. The van der Waals surface area contributed by atoms with E-state index in [-0.39, 0.29) is 0 Å². The number of unbranched alkanes of at least 4 members (excludes halogenated alkanes) is 5. The van der Waals surface area contributed by atoms with Crippen molar-refractivity contribution in [2.75, 3.05) is 4.90 Å². The molecule has 0 bridgehead atoms. The molecule has 1 nitrogen and oxygen atoms in total. The molecule has 0 aliphatic rings. The van der Waals surface area contributed by atoms with Gasteiger partial charge in [0, 0.05) is 23.5 Å². The molecule has 3 aromatic rings. The normalized spacial score (nSPS) is 10.4. The van der Waals surface area contributed by atoms with Crippen LogP contribution in [-0.4, -0.2) is 0 Å². The van der Waals surface area contributed by atoms with Gasteiger partial charge in [-0.2, -0.15) is 0 Å². The highest BCUT2D eigenvalue weighted by molar-refractivity contribution is 5.76. The van der Waals surface area contributed by atoms with E-state index in [0.717, 1.165) is 12.8 Å². The predicted octanol–water partition coefficient (Wildman–Crippen LogP) is 7.67. The minimum absolute atomic E-state index is 0.917. The summed E-state index contributed by atoms with van der Waals surface area (Å²) in [6.07, 6.45) is 13.6. The summed E-state index contributed by atoms with van der Waals surface area (Å²) in [6, 6.07) is 30.1. The molecule has 0 N–H and O–H groups in total. The van der Waals surface area contributed by atoms with Crippen LogP contribution in [0.4, 0.5) is 17.1 Å². The molecular weight excluding hydrogens is 338 g/mol. The van der Waals surface area contributed by atoms with E-state index in [9.17, 15) is 0 Å². The van der Waals surface area contributed by atoms with Crippen LogP contribution < -0.4 is 4.90 Å². The fourth-order valence-corrected chi connectivity index (χ4v) is 3.50. The lowest BCUT2D eigenvalue weighted by molar-refractivity contribution is 0.620. The summed E-state index contributed by atoms with van der Waals surface area (Å²) in [5, 5.41) is 0. The van der Waals surface area contributed by atoms with Crippen molar-refractivity contribution in [3.63, 3.8) is 0 Å². The molecule has 0 saturated carbocycles. The highest BCUT2D eigenvalue weighted by Gasteiger charge is 2.11. The van der Waals surface area contributed by atoms with Crippen molar-refractivity contribution in [3.8, 4) is 12.3 Å². The third-order valence-corrected chi connectivity index (χ3v) is 5.01. The Labute approximate surface area is 170 Å². The van der Waals surface area contributed by atoms with E-state index in [4.69, 9.17) is 6.42 Å². The Hall–Kier alpha value is -2.98. The number of hydrogen-bond donors (Lipinski definition) is 0. The minimum atomic E-state index is 0.917. The molecular formula is C27H29N. The van der Waals surface area contributed by atoms with E-state index < -0.39 is 0 Å². The number of terminal acetylenes is 1. The molecule has 28 heavy (non-hydrogen) atoms. The summed E-state index contributed by atoms with van der Waals surface area (Å²) in [4.78, 5) is 2.30. The summed E-state index contributed by atoms with van der Waals surface area (Å²) < 4.78 is 0. The standard InChI is InChI=1S/C27H29N/c1-2-3-4-5-6-7-10-15-24-20-22-27(23-21-24)28(25-16-11-8-12-17-25)26-18-13-9-14-19-26/h1,8-9,11-14,16-23H,3-7,10,15H2. The molecule has 0 atom stereocenters. The Kier molecular flexibility index (Phi) is 7.77. The van der Waals surface area contributed by atoms with Crippen LogP contribution in [-0.2, 0) is 6.42 Å². The molecule has 0 fully saturated rings. The zero-order chi connectivity index (χ0) is 19.4. The largest absolute Gasteiger partial charge is 0.311 e. The van der Waals surface area contributed by atoms with Gasteiger partial charge < -0.3 is 4.90 Å². The molecule has 0 spiro atoms. The number of para-hydroxylation sites is 2. The topological polar surface area (TPSA) is 3.24 Å². The zero-order valence-corrected chi connectivity index (χ0v) is 16.6. The highest BCUT2D eigenvalue weighted by atomic mass is 15.1. The van der Waals surface area contributed by atoms with Gasteiger partial charge in [-0.25, -0.2) is 0 Å². The van der Waals surface area contributed by atoms with E-state index >= 15 is 0 Å². The second-order valence-electron chi connectivity index (χ2n) is 7.14. The number of hydrogen-bond acceptors (Lipinski definition) is 1. The molecule has 0 saturated heterocycles. The van der Waals surface area contributed by atoms with Gasteiger partial charge in [0.1, 0.15) is 0 Å². The highest BCUT2D eigenvalue weighted by Crippen LogP contribution is 2.34. The van der Waals surface area contributed by atoms with Crippen molar-refractivity contribution in [3.05, 3.63) is 90.5 Å². The third-order valence-electron chi connectivity index (χ3n) is 5.01. The van der Waals surface area contributed by atoms with Gasteiger partial charge in [-0.1, -0.05) is 67.8 Å². The maximum Gasteiger partial charge on any atom is 0.0461 e. The summed E-state index contributed by atoms with van der Waals surface area (Å²) in [6.45, 7) is 0. The van der Waals surface area contributed by atoms with E-state index in [1.165, 1.54) is 54.7 Å². The fourth-order valence-electron chi connectivity index (χ4n) is 3.50. The number of rotatable bonds is 10. The first kappa shape index (κ1) is 19.8. The molecule has 142 valence electrons. The average molecular weight is 368 g/mol. The van der Waals surface area contributed by atoms with Crippen molar-refractivity contribution in [2.45, 2.75) is 44.9 Å². The van der Waals surface area contributed by atoms with Crippen LogP contribution in [0.5, 0.6) is 0 Å². The van der Waals surface area contributed by atoms with Gasteiger partial charge in [-0.3, -0.25) is 0 Å². The van der Waals surface area contributed by atoms with Crippen LogP contribution in [0.15, 0.2) is 84.9 Å². The van der Waals surface area contributed by atoms with Gasteiger partial charge in [0.15, 0.2) is 0 Å². The van der Waals surface area contributed by atoms with Crippen molar-refractivity contribution < 1.29 is 0 Å². The number of aryl methyl sites for hydroxylation is 1. The smallest absolute Gasteiger partial charge is 0.0461 e. The van der Waals surface area contributed by atoms with Gasteiger partial charge >= 0.3 is 0 Å². The Morgan fingerprint density at radius 2 is 1.07 bits per heavy atom. The summed E-state index contributed by atoms with van der Waals surface area (Å²) in [7, 11) is 0. The van der Waals surface area contributed by atoms with Crippen molar-refractivity contribution in [1.29, 1.82) is 0 Å². The Balaban J connectivity index is 1.64. The SMILES string of the molecule is C#CCCCCCCCc1ccc(N(c2ccccc2)c2ccccc2)cc1. The van der Waals surface area contributed by atoms with Crippen LogP contribution >= 0.6 is 0 Å². The molecule has 0 aliphatic heterocycles. The quantitative estimate of drug-likeness (QED) is 0.262. The van der Waals surface area contributed by atoms with Crippen LogP contribution in [0.25, 0.3) is 0 Å². The van der Waals surface area contributed by atoms with Crippen LogP contribution in [0.3, 0.4) is 0 Å². The zero-order valence-electron chi connectivity index (χ0n) is 16.6. The maximum atomic E-state index is 5.30. The lowest BCUT2D eigenvalue weighted by Crippen LogP contribution is -2.09. The second kappa shape index (κ2) is 11.0. The molecule has 0 unspecified atom stereocenters. The Morgan fingerprint density at radius 3 is 1.64 bits per heavy atom. The average Bonchev–Trinajstić information content (AvgIpc) is 2.76. The Morgan fingerprint density at radius 1 is 0.571 bits per heavy atom. The fraction of sp³-hybridized carbons (Fsp3) is 0.259. The maximum absolute atomic E-state index is 5.30. The van der Waals surface area contributed by atoms with Crippen molar-refractivity contribution in [1.82, 2.24) is 0 Å². The molecule has 3 rings (SSSR count). The van der Waals surface area contributed by atoms with Crippen LogP contribution in [0.2, 0.25) is 0 Å². The molecule has 0 aliphatic carbocycles. The van der Waals surface area contributed by atoms with Gasteiger partial charge in [0.2, 0.25) is 0 Å². The number of nitrogens with zero attached hydrogens (tertiary/aromatic N) is 1. The van der Waals surface area contributed by atoms with Crippen LogP contribution in [0.1, 0.15) is 44.1 Å². The lowest BCUT2D eigenvalue weighted by Gasteiger charge is -2.25. The van der Waals surface area contributed by atoms with E-state index in [1.807, 2.05) is 0 Å². The summed E-state index contributed by atoms with van der Waals surface area (Å²) in [5.41, 5.74) is 4.95. The lowest BCUT2D eigenvalue weighted by atomic mass is 10.0. The summed E-state index contributed by atoms with van der Waals surface area (Å²) >= 11 is 0. The van der Waals surface area contributed by atoms with E-state index in [1.54, 1.807) is 0 Å². The van der Waals surface area contributed by atoms with Crippen LogP contribution in [0, 0.1) is 12.3 Å². The van der Waals surface area contributed by atoms with Gasteiger partial charge in [0.25, 0.3) is 0 Å². The number of anilines is 3.